The Morgan fingerprint density at radius 1 is 1.23 bits per heavy atom. The van der Waals surface area contributed by atoms with E-state index in [0.717, 1.165) is 26.2 Å². The minimum absolute atomic E-state index is 0.0351. The van der Waals surface area contributed by atoms with Gasteiger partial charge in [0, 0.05) is 44.1 Å². The minimum Gasteiger partial charge on any atom is -0.379 e. The highest BCUT2D eigenvalue weighted by molar-refractivity contribution is 5.79. The Kier molecular flexibility index (Phi) is 4.50. The van der Waals surface area contributed by atoms with E-state index in [1.54, 1.807) is 0 Å². The topological polar surface area (TPSA) is 32.8 Å². The van der Waals surface area contributed by atoms with Crippen molar-refractivity contribution >= 4 is 5.91 Å². The molecular formula is C18H26N2O2. The van der Waals surface area contributed by atoms with Crippen molar-refractivity contribution in [1.82, 2.24) is 9.80 Å². The first kappa shape index (κ1) is 15.5. The fraction of sp³-hybridized carbons (Fsp3) is 0.611. The Bertz CT molecular complexity index is 517. The molecule has 2 saturated heterocycles. The second kappa shape index (κ2) is 6.39. The van der Waals surface area contributed by atoms with Gasteiger partial charge in [0.25, 0.3) is 0 Å². The molecule has 0 bridgehead atoms. The highest BCUT2D eigenvalue weighted by atomic mass is 16.5. The molecule has 0 saturated carbocycles. The fourth-order valence-electron chi connectivity index (χ4n) is 3.60. The Hall–Kier alpha value is -1.39. The molecule has 1 amide bonds. The summed E-state index contributed by atoms with van der Waals surface area (Å²) in [5, 5.41) is 0. The lowest BCUT2D eigenvalue weighted by molar-refractivity contribution is -0.128. The summed E-state index contributed by atoms with van der Waals surface area (Å²) in [6.07, 6.45) is 0.614. The van der Waals surface area contributed by atoms with E-state index in [0.29, 0.717) is 25.6 Å². The molecule has 120 valence electrons. The maximum atomic E-state index is 12.5. The molecule has 1 aromatic rings. The number of hydrogen-bond acceptors (Lipinski definition) is 3. The van der Waals surface area contributed by atoms with Crippen LogP contribution in [0.5, 0.6) is 0 Å². The van der Waals surface area contributed by atoms with Crippen molar-refractivity contribution in [3.05, 3.63) is 35.9 Å². The standard InChI is InChI=1S/C18H26N2O2/c1-15(2)19-8-9-22-14-18(12-19)10-17(21)20(13-18)11-16-6-4-3-5-7-16/h3-7,15H,8-14H2,1-2H3/t18-/m0/s1. The highest BCUT2D eigenvalue weighted by Crippen LogP contribution is 2.35. The zero-order chi connectivity index (χ0) is 15.6. The number of likely N-dealkylation sites (tertiary alicyclic amines) is 1. The summed E-state index contributed by atoms with van der Waals surface area (Å²) in [7, 11) is 0. The van der Waals surface area contributed by atoms with Crippen molar-refractivity contribution in [2.75, 3.05) is 32.8 Å². The van der Waals surface area contributed by atoms with E-state index < -0.39 is 0 Å². The molecule has 3 rings (SSSR count). The first-order valence-electron chi connectivity index (χ1n) is 8.21. The van der Waals surface area contributed by atoms with Gasteiger partial charge in [-0.1, -0.05) is 30.3 Å². The Balaban J connectivity index is 1.72. The molecule has 4 nitrogen and oxygen atoms in total. The van der Waals surface area contributed by atoms with Crippen molar-refractivity contribution in [3.63, 3.8) is 0 Å². The maximum absolute atomic E-state index is 12.5. The number of ether oxygens (including phenoxy) is 1. The van der Waals surface area contributed by atoms with Crippen molar-refractivity contribution in [3.8, 4) is 0 Å². The van der Waals surface area contributed by atoms with Crippen molar-refractivity contribution in [1.29, 1.82) is 0 Å². The van der Waals surface area contributed by atoms with Crippen LogP contribution in [0.3, 0.4) is 0 Å². The molecule has 0 aliphatic carbocycles. The first-order chi connectivity index (χ1) is 10.6. The summed E-state index contributed by atoms with van der Waals surface area (Å²) in [6, 6.07) is 10.7. The van der Waals surface area contributed by atoms with Crippen LogP contribution in [0.1, 0.15) is 25.8 Å². The molecule has 2 fully saturated rings. The summed E-state index contributed by atoms with van der Waals surface area (Å²) < 4.78 is 5.84. The number of rotatable bonds is 3. The third-order valence-electron chi connectivity index (χ3n) is 4.82. The molecule has 0 N–H and O–H groups in total. The summed E-state index contributed by atoms with van der Waals surface area (Å²) >= 11 is 0. The minimum atomic E-state index is -0.0351. The smallest absolute Gasteiger partial charge is 0.223 e. The van der Waals surface area contributed by atoms with Crippen LogP contribution in [0.2, 0.25) is 0 Å². The number of nitrogens with zero attached hydrogens (tertiary/aromatic N) is 2. The number of hydrogen-bond donors (Lipinski definition) is 0. The van der Waals surface area contributed by atoms with Gasteiger partial charge in [-0.15, -0.1) is 0 Å². The van der Waals surface area contributed by atoms with E-state index in [4.69, 9.17) is 4.74 Å². The van der Waals surface area contributed by atoms with Gasteiger partial charge < -0.3 is 9.64 Å². The summed E-state index contributed by atoms with van der Waals surface area (Å²) in [5.74, 6) is 0.262. The molecule has 2 heterocycles. The lowest BCUT2D eigenvalue weighted by Gasteiger charge is -2.33. The number of benzene rings is 1. The molecule has 2 aliphatic heterocycles. The normalized spacial score (nSPS) is 26.9. The van der Waals surface area contributed by atoms with Crippen LogP contribution in [0.25, 0.3) is 0 Å². The molecule has 0 unspecified atom stereocenters. The van der Waals surface area contributed by atoms with E-state index in [2.05, 4.69) is 30.9 Å². The Labute approximate surface area is 133 Å². The average Bonchev–Trinajstić information content (AvgIpc) is 2.67. The average molecular weight is 302 g/mol. The molecule has 1 spiro atoms. The van der Waals surface area contributed by atoms with Crippen molar-refractivity contribution in [2.45, 2.75) is 32.9 Å². The van der Waals surface area contributed by atoms with Gasteiger partial charge in [-0.25, -0.2) is 0 Å². The van der Waals surface area contributed by atoms with Crippen LogP contribution in [-0.2, 0) is 16.1 Å². The Morgan fingerprint density at radius 2 is 2.00 bits per heavy atom. The Morgan fingerprint density at radius 3 is 2.73 bits per heavy atom. The maximum Gasteiger partial charge on any atom is 0.223 e. The third kappa shape index (κ3) is 3.33. The lowest BCUT2D eigenvalue weighted by atomic mass is 9.87. The van der Waals surface area contributed by atoms with Crippen LogP contribution in [-0.4, -0.2) is 54.6 Å². The summed E-state index contributed by atoms with van der Waals surface area (Å²) in [5.41, 5.74) is 1.16. The molecule has 4 heteroatoms. The predicted octanol–water partition coefficient (Wildman–Crippen LogP) is 2.15. The second-order valence-corrected chi connectivity index (χ2v) is 7.03. The highest BCUT2D eigenvalue weighted by Gasteiger charge is 2.45. The molecule has 1 aromatic carbocycles. The van der Waals surface area contributed by atoms with E-state index in [-0.39, 0.29) is 11.3 Å². The monoisotopic (exact) mass is 302 g/mol. The molecule has 0 radical (unpaired) electrons. The van der Waals surface area contributed by atoms with Gasteiger partial charge in [0.05, 0.1) is 13.2 Å². The van der Waals surface area contributed by atoms with Crippen LogP contribution >= 0.6 is 0 Å². The van der Waals surface area contributed by atoms with Crippen molar-refractivity contribution in [2.24, 2.45) is 5.41 Å². The molecule has 2 aliphatic rings. The van der Waals surface area contributed by atoms with Gasteiger partial charge in [0.1, 0.15) is 0 Å². The first-order valence-corrected chi connectivity index (χ1v) is 8.21. The van der Waals surface area contributed by atoms with Gasteiger partial charge in [-0.2, -0.15) is 0 Å². The number of carbonyl (C=O) groups is 1. The van der Waals surface area contributed by atoms with Gasteiger partial charge in [0.2, 0.25) is 5.91 Å². The lowest BCUT2D eigenvalue weighted by Crippen LogP contribution is -2.43. The van der Waals surface area contributed by atoms with Crippen molar-refractivity contribution < 1.29 is 9.53 Å². The number of amides is 1. The largest absolute Gasteiger partial charge is 0.379 e. The molecule has 0 aromatic heterocycles. The second-order valence-electron chi connectivity index (χ2n) is 7.03. The zero-order valence-electron chi connectivity index (χ0n) is 13.6. The summed E-state index contributed by atoms with van der Waals surface area (Å²) in [4.78, 5) is 16.9. The van der Waals surface area contributed by atoms with E-state index in [1.807, 2.05) is 23.1 Å². The van der Waals surface area contributed by atoms with E-state index in [1.165, 1.54) is 5.56 Å². The SMILES string of the molecule is CC(C)N1CCOC[C@@]2(CC(=O)N(Cc3ccccc3)C2)C1. The molecule has 22 heavy (non-hydrogen) atoms. The zero-order valence-corrected chi connectivity index (χ0v) is 13.6. The van der Waals surface area contributed by atoms with Gasteiger partial charge in [0.15, 0.2) is 0 Å². The van der Waals surface area contributed by atoms with E-state index in [9.17, 15) is 4.79 Å². The fourth-order valence-corrected chi connectivity index (χ4v) is 3.60. The quantitative estimate of drug-likeness (QED) is 0.857. The van der Waals surface area contributed by atoms with Gasteiger partial charge in [-0.05, 0) is 19.4 Å². The van der Waals surface area contributed by atoms with Crippen LogP contribution in [0, 0.1) is 5.41 Å². The van der Waals surface area contributed by atoms with Crippen LogP contribution in [0.15, 0.2) is 30.3 Å². The predicted molar refractivity (Wildman–Crippen MR) is 86.4 cm³/mol. The molecule has 1 atom stereocenters. The van der Waals surface area contributed by atoms with Gasteiger partial charge in [-0.3, -0.25) is 9.69 Å². The third-order valence-corrected chi connectivity index (χ3v) is 4.82. The van der Waals surface area contributed by atoms with E-state index >= 15 is 0 Å². The summed E-state index contributed by atoms with van der Waals surface area (Å²) in [6.45, 7) is 9.36. The van der Waals surface area contributed by atoms with Crippen LogP contribution < -0.4 is 0 Å². The van der Waals surface area contributed by atoms with Gasteiger partial charge >= 0.3 is 0 Å². The van der Waals surface area contributed by atoms with Crippen LogP contribution in [0.4, 0.5) is 0 Å². The number of carbonyl (C=O) groups excluding carboxylic acids is 1. The molecular weight excluding hydrogens is 276 g/mol.